The molecule has 116 valence electrons. The van der Waals surface area contributed by atoms with Crippen molar-refractivity contribution in [2.75, 3.05) is 7.05 Å². The zero-order chi connectivity index (χ0) is 15.6. The van der Waals surface area contributed by atoms with Crippen LogP contribution in [0.3, 0.4) is 0 Å². The second-order valence-corrected chi connectivity index (χ2v) is 9.18. The average molecular weight is 297 g/mol. The molecule has 20 heavy (non-hydrogen) atoms. The summed E-state index contributed by atoms with van der Waals surface area (Å²) in [6.07, 6.45) is 0. The van der Waals surface area contributed by atoms with Crippen molar-refractivity contribution in [2.45, 2.75) is 73.1 Å². The van der Waals surface area contributed by atoms with Gasteiger partial charge in [0, 0.05) is 34.4 Å². The number of rotatable bonds is 5. The molecule has 0 aliphatic heterocycles. The second-order valence-electron chi connectivity index (χ2n) is 7.93. The minimum absolute atomic E-state index is 0.182. The van der Waals surface area contributed by atoms with E-state index >= 15 is 0 Å². The minimum atomic E-state index is 0.182. The van der Waals surface area contributed by atoms with E-state index in [-0.39, 0.29) is 5.54 Å². The Hall–Kier alpha value is -0.380. The van der Waals surface area contributed by atoms with Gasteiger partial charge in [0.15, 0.2) is 0 Å². The van der Waals surface area contributed by atoms with Gasteiger partial charge in [0.1, 0.15) is 0 Å². The first kappa shape index (κ1) is 17.7. The van der Waals surface area contributed by atoms with Crippen LogP contribution in [0.5, 0.6) is 0 Å². The third-order valence-corrected chi connectivity index (χ3v) is 4.90. The lowest BCUT2D eigenvalue weighted by atomic mass is 9.87. The van der Waals surface area contributed by atoms with Gasteiger partial charge in [0.2, 0.25) is 0 Å². The lowest BCUT2D eigenvalue weighted by molar-refractivity contribution is 0.136. The smallest absolute Gasteiger partial charge is 0.0328 e. The maximum Gasteiger partial charge on any atom is 0.0328 e. The van der Waals surface area contributed by atoms with Gasteiger partial charge in [-0.05, 0) is 52.3 Å². The number of nitrogens with one attached hydrogen (secondary N) is 1. The molecule has 0 radical (unpaired) electrons. The molecule has 0 spiro atoms. The molecule has 0 aliphatic rings. The maximum absolute atomic E-state index is 3.55. The Morgan fingerprint density at radius 1 is 1.10 bits per heavy atom. The van der Waals surface area contributed by atoms with Gasteiger partial charge >= 0.3 is 0 Å². The first-order valence-electron chi connectivity index (χ1n) is 7.52. The highest BCUT2D eigenvalue weighted by Crippen LogP contribution is 2.26. The molecule has 1 rings (SSSR count). The topological polar surface area (TPSA) is 15.3 Å². The summed E-state index contributed by atoms with van der Waals surface area (Å²) in [6, 6.07) is 5.10. The van der Waals surface area contributed by atoms with Gasteiger partial charge in [-0.2, -0.15) is 0 Å². The zero-order valence-corrected chi connectivity index (χ0v) is 15.3. The summed E-state index contributed by atoms with van der Waals surface area (Å²) in [5.41, 5.74) is 0.504. The average Bonchev–Trinajstić information content (AvgIpc) is 2.71. The fourth-order valence-electron chi connectivity index (χ4n) is 2.00. The van der Waals surface area contributed by atoms with Crippen LogP contribution < -0.4 is 5.32 Å². The Bertz CT molecular complexity index is 409. The van der Waals surface area contributed by atoms with E-state index in [0.29, 0.717) is 11.5 Å². The molecule has 0 saturated heterocycles. The van der Waals surface area contributed by atoms with E-state index in [4.69, 9.17) is 0 Å². The van der Waals surface area contributed by atoms with Crippen molar-refractivity contribution in [3.8, 4) is 0 Å². The molecule has 1 aromatic rings. The van der Waals surface area contributed by atoms with E-state index in [9.17, 15) is 0 Å². The Kier molecular flexibility index (Phi) is 5.82. The van der Waals surface area contributed by atoms with E-state index in [1.807, 2.05) is 11.3 Å². The van der Waals surface area contributed by atoms with E-state index in [1.165, 1.54) is 9.75 Å². The van der Waals surface area contributed by atoms with Crippen molar-refractivity contribution in [2.24, 2.45) is 5.41 Å². The highest BCUT2D eigenvalue weighted by atomic mass is 32.1. The molecule has 1 atom stereocenters. The fraction of sp³-hybridized carbons (Fsp3) is 0.765. The van der Waals surface area contributed by atoms with Crippen LogP contribution in [-0.4, -0.2) is 23.5 Å². The third kappa shape index (κ3) is 5.94. The van der Waals surface area contributed by atoms with Crippen molar-refractivity contribution >= 4 is 11.3 Å². The summed E-state index contributed by atoms with van der Waals surface area (Å²) in [7, 11) is 2.22. The van der Waals surface area contributed by atoms with Crippen molar-refractivity contribution in [1.29, 1.82) is 0 Å². The third-order valence-electron chi connectivity index (χ3n) is 3.83. The van der Waals surface area contributed by atoms with Gasteiger partial charge in [0.25, 0.3) is 0 Å². The Morgan fingerprint density at radius 3 is 2.15 bits per heavy atom. The predicted octanol–water partition coefficient (Wildman–Crippen LogP) is 4.50. The van der Waals surface area contributed by atoms with E-state index in [1.54, 1.807) is 0 Å². The monoisotopic (exact) mass is 296 g/mol. The quantitative estimate of drug-likeness (QED) is 0.860. The van der Waals surface area contributed by atoms with E-state index in [0.717, 1.165) is 13.1 Å². The summed E-state index contributed by atoms with van der Waals surface area (Å²) >= 11 is 1.93. The van der Waals surface area contributed by atoms with Crippen LogP contribution in [0.15, 0.2) is 12.1 Å². The normalized spacial score (nSPS) is 14.8. The first-order valence-corrected chi connectivity index (χ1v) is 8.33. The summed E-state index contributed by atoms with van der Waals surface area (Å²) in [4.78, 5) is 5.33. The van der Waals surface area contributed by atoms with Gasteiger partial charge < -0.3 is 5.32 Å². The van der Waals surface area contributed by atoms with Crippen molar-refractivity contribution in [3.05, 3.63) is 21.9 Å². The largest absolute Gasteiger partial charge is 0.307 e. The van der Waals surface area contributed by atoms with Gasteiger partial charge in [-0.3, -0.25) is 4.90 Å². The molecule has 0 aliphatic carbocycles. The van der Waals surface area contributed by atoms with Crippen molar-refractivity contribution in [1.82, 2.24) is 10.2 Å². The van der Waals surface area contributed by atoms with Gasteiger partial charge in [-0.1, -0.05) is 20.8 Å². The molecular weight excluding hydrogens is 264 g/mol. The van der Waals surface area contributed by atoms with Gasteiger partial charge in [-0.15, -0.1) is 11.3 Å². The van der Waals surface area contributed by atoms with Crippen LogP contribution in [0.25, 0.3) is 0 Å². The van der Waals surface area contributed by atoms with Crippen LogP contribution in [-0.2, 0) is 13.1 Å². The molecule has 0 bridgehead atoms. The van der Waals surface area contributed by atoms with Gasteiger partial charge in [0.05, 0.1) is 0 Å². The Balaban J connectivity index is 2.56. The molecule has 0 amide bonds. The van der Waals surface area contributed by atoms with Crippen LogP contribution >= 0.6 is 11.3 Å². The fourth-order valence-corrected chi connectivity index (χ4v) is 3.02. The van der Waals surface area contributed by atoms with Crippen molar-refractivity contribution in [3.63, 3.8) is 0 Å². The van der Waals surface area contributed by atoms with Crippen molar-refractivity contribution < 1.29 is 0 Å². The molecule has 1 unspecified atom stereocenters. The SMILES string of the molecule is CC(N(C)Cc1ccc(CNC(C)(C)C)s1)C(C)(C)C. The molecule has 3 heteroatoms. The predicted molar refractivity (Wildman–Crippen MR) is 91.3 cm³/mol. The zero-order valence-electron chi connectivity index (χ0n) is 14.5. The lowest BCUT2D eigenvalue weighted by Crippen LogP contribution is -2.38. The minimum Gasteiger partial charge on any atom is -0.307 e. The molecule has 0 aromatic carbocycles. The molecule has 1 N–H and O–H groups in total. The summed E-state index contributed by atoms with van der Waals surface area (Å²) in [6.45, 7) is 17.9. The summed E-state index contributed by atoms with van der Waals surface area (Å²) in [5.74, 6) is 0. The van der Waals surface area contributed by atoms with Crippen LogP contribution in [0.2, 0.25) is 0 Å². The van der Waals surface area contributed by atoms with E-state index in [2.05, 4.69) is 77.9 Å². The summed E-state index contributed by atoms with van der Waals surface area (Å²) in [5, 5.41) is 3.55. The molecule has 0 fully saturated rings. The molecule has 0 saturated carbocycles. The molecule has 1 heterocycles. The molecule has 2 nitrogen and oxygen atoms in total. The number of nitrogens with zero attached hydrogens (tertiary/aromatic N) is 1. The first-order chi connectivity index (χ1) is 8.99. The number of thiophene rings is 1. The highest BCUT2D eigenvalue weighted by molar-refractivity contribution is 7.11. The number of hydrogen-bond acceptors (Lipinski definition) is 3. The molecular formula is C17H32N2S. The Labute approximate surface area is 129 Å². The maximum atomic E-state index is 3.55. The second kappa shape index (κ2) is 6.59. The van der Waals surface area contributed by atoms with Crippen LogP contribution in [0.4, 0.5) is 0 Å². The lowest BCUT2D eigenvalue weighted by Gasteiger charge is -2.35. The van der Waals surface area contributed by atoms with Gasteiger partial charge in [-0.25, -0.2) is 0 Å². The molecule has 1 aromatic heterocycles. The highest BCUT2D eigenvalue weighted by Gasteiger charge is 2.24. The number of hydrogen-bond donors (Lipinski definition) is 1. The van der Waals surface area contributed by atoms with E-state index < -0.39 is 0 Å². The standard InChI is InChI=1S/C17H32N2S/c1-13(16(2,3)4)19(8)12-15-10-9-14(20-15)11-18-17(5,6)7/h9-10,13,18H,11-12H2,1-8H3. The Morgan fingerprint density at radius 2 is 1.65 bits per heavy atom. The van der Waals surface area contributed by atoms with Crippen LogP contribution in [0, 0.1) is 5.41 Å². The van der Waals surface area contributed by atoms with Crippen LogP contribution in [0.1, 0.15) is 58.2 Å². The summed E-state index contributed by atoms with van der Waals surface area (Å²) < 4.78 is 0.